The van der Waals surface area contributed by atoms with E-state index >= 15 is 0 Å². The SMILES string of the molecule is COc1ccc(C[C@H](NC(=O)Nc2ccc(Cl)cc2)/C(N)=N/OCC(=O)O)cc1. The molecule has 0 aliphatic heterocycles. The summed E-state index contributed by atoms with van der Waals surface area (Å²) in [6.45, 7) is -0.646. The summed E-state index contributed by atoms with van der Waals surface area (Å²) in [7, 11) is 1.56. The summed E-state index contributed by atoms with van der Waals surface area (Å²) in [6, 6.07) is 12.5. The van der Waals surface area contributed by atoms with E-state index in [2.05, 4.69) is 20.6 Å². The molecule has 0 unspecified atom stereocenters. The third kappa shape index (κ3) is 7.59. The molecule has 0 saturated carbocycles. The lowest BCUT2D eigenvalue weighted by Gasteiger charge is -2.19. The number of amides is 2. The minimum Gasteiger partial charge on any atom is -0.497 e. The zero-order valence-corrected chi connectivity index (χ0v) is 16.3. The lowest BCUT2D eigenvalue weighted by atomic mass is 10.1. The molecule has 2 aromatic carbocycles. The fourth-order valence-electron chi connectivity index (χ4n) is 2.31. The molecule has 9 nitrogen and oxygen atoms in total. The topological polar surface area (TPSA) is 135 Å². The molecular formula is C19H21ClN4O5. The third-order valence-corrected chi connectivity index (χ3v) is 3.97. The molecule has 0 bridgehead atoms. The van der Waals surface area contributed by atoms with E-state index in [1.54, 1.807) is 43.5 Å². The Hall–Kier alpha value is -3.46. The second-order valence-electron chi connectivity index (χ2n) is 5.89. The minimum atomic E-state index is -1.19. The number of oxime groups is 1. The molecule has 0 aromatic heterocycles. The Labute approximate surface area is 172 Å². The number of nitrogens with zero attached hydrogens (tertiary/aromatic N) is 1. The van der Waals surface area contributed by atoms with Crippen molar-refractivity contribution in [3.63, 3.8) is 0 Å². The zero-order chi connectivity index (χ0) is 21.2. The van der Waals surface area contributed by atoms with E-state index in [0.29, 0.717) is 22.9 Å². The number of methoxy groups -OCH3 is 1. The summed E-state index contributed by atoms with van der Waals surface area (Å²) in [5, 5.41) is 18.1. The van der Waals surface area contributed by atoms with Gasteiger partial charge in [-0.25, -0.2) is 9.59 Å². The van der Waals surface area contributed by atoms with E-state index in [1.165, 1.54) is 0 Å². The van der Waals surface area contributed by atoms with Crippen LogP contribution in [0.25, 0.3) is 0 Å². The average Bonchev–Trinajstić information content (AvgIpc) is 2.69. The van der Waals surface area contributed by atoms with Crippen LogP contribution in [0.3, 0.4) is 0 Å². The fraction of sp³-hybridized carbons (Fsp3) is 0.211. The van der Waals surface area contributed by atoms with Crippen molar-refractivity contribution < 1.29 is 24.3 Å². The van der Waals surface area contributed by atoms with Crippen molar-refractivity contribution in [2.24, 2.45) is 10.9 Å². The maximum absolute atomic E-state index is 12.4. The molecule has 0 saturated heterocycles. The molecule has 0 spiro atoms. The Bertz CT molecular complexity index is 856. The van der Waals surface area contributed by atoms with Gasteiger partial charge < -0.3 is 31.0 Å². The standard InChI is InChI=1S/C19H21ClN4O5/c1-28-15-8-2-12(3-9-15)10-16(18(21)24-29-11-17(25)26)23-19(27)22-14-6-4-13(20)5-7-14/h2-9,16H,10-11H2,1H3,(H2,21,24)(H,25,26)(H2,22,23,27)/t16-/m0/s1. The van der Waals surface area contributed by atoms with E-state index in [1.807, 2.05) is 12.1 Å². The van der Waals surface area contributed by atoms with Crippen molar-refractivity contribution >= 4 is 35.1 Å². The van der Waals surface area contributed by atoms with Gasteiger partial charge in [-0.05, 0) is 42.0 Å². The smallest absolute Gasteiger partial charge is 0.344 e. The Balaban J connectivity index is 2.10. The van der Waals surface area contributed by atoms with E-state index in [9.17, 15) is 9.59 Å². The summed E-state index contributed by atoms with van der Waals surface area (Å²) in [4.78, 5) is 27.6. The number of hydrogen-bond acceptors (Lipinski definition) is 5. The van der Waals surface area contributed by atoms with Crippen molar-refractivity contribution in [2.75, 3.05) is 19.0 Å². The molecule has 154 valence electrons. The number of nitrogens with one attached hydrogen (secondary N) is 2. The lowest BCUT2D eigenvalue weighted by Crippen LogP contribution is -2.47. The zero-order valence-electron chi connectivity index (χ0n) is 15.6. The molecule has 2 rings (SSSR count). The summed E-state index contributed by atoms with van der Waals surface area (Å²) in [5.41, 5.74) is 7.30. The van der Waals surface area contributed by atoms with Crippen LogP contribution >= 0.6 is 11.6 Å². The van der Waals surface area contributed by atoms with Gasteiger partial charge in [0.15, 0.2) is 5.84 Å². The van der Waals surface area contributed by atoms with Gasteiger partial charge in [-0.1, -0.05) is 28.9 Å². The Morgan fingerprint density at radius 3 is 2.41 bits per heavy atom. The average molecular weight is 421 g/mol. The number of carbonyl (C=O) groups excluding carboxylic acids is 1. The number of anilines is 1. The van der Waals surface area contributed by atoms with E-state index < -0.39 is 24.6 Å². The number of carboxylic acids is 1. The van der Waals surface area contributed by atoms with Crippen molar-refractivity contribution in [1.82, 2.24) is 5.32 Å². The minimum absolute atomic E-state index is 0.0756. The number of carboxylic acid groups (broad SMARTS) is 1. The summed E-state index contributed by atoms with van der Waals surface area (Å²) >= 11 is 5.83. The van der Waals surface area contributed by atoms with Gasteiger partial charge in [0, 0.05) is 17.1 Å². The van der Waals surface area contributed by atoms with Crippen LogP contribution < -0.4 is 21.1 Å². The number of rotatable bonds is 9. The first-order valence-electron chi connectivity index (χ1n) is 8.50. The van der Waals surface area contributed by atoms with Gasteiger partial charge in [0.25, 0.3) is 0 Å². The summed E-state index contributed by atoms with van der Waals surface area (Å²) in [6.07, 6.45) is 0.295. The highest BCUT2D eigenvalue weighted by atomic mass is 35.5. The number of amidine groups is 1. The van der Waals surface area contributed by atoms with Crippen molar-refractivity contribution in [1.29, 1.82) is 0 Å². The van der Waals surface area contributed by atoms with Crippen LogP contribution in [-0.4, -0.2) is 42.7 Å². The van der Waals surface area contributed by atoms with Crippen LogP contribution in [0.5, 0.6) is 5.75 Å². The first-order chi connectivity index (χ1) is 13.9. The van der Waals surface area contributed by atoms with Gasteiger partial charge >= 0.3 is 12.0 Å². The Kier molecular flexibility index (Phi) is 8.11. The molecule has 10 heteroatoms. The van der Waals surface area contributed by atoms with E-state index in [-0.39, 0.29) is 5.84 Å². The molecule has 0 aliphatic rings. The number of benzene rings is 2. The van der Waals surface area contributed by atoms with E-state index in [0.717, 1.165) is 5.56 Å². The van der Waals surface area contributed by atoms with Crippen molar-refractivity contribution in [3.8, 4) is 5.75 Å². The van der Waals surface area contributed by atoms with Crippen LogP contribution in [0.2, 0.25) is 5.02 Å². The summed E-state index contributed by atoms with van der Waals surface area (Å²) < 4.78 is 5.12. The van der Waals surface area contributed by atoms with Gasteiger partial charge in [0.2, 0.25) is 6.61 Å². The number of nitrogens with two attached hydrogens (primary N) is 1. The van der Waals surface area contributed by atoms with Crippen LogP contribution in [0, 0.1) is 0 Å². The number of aliphatic carboxylic acids is 1. The molecule has 2 amide bonds. The molecule has 5 N–H and O–H groups in total. The second-order valence-corrected chi connectivity index (χ2v) is 6.33. The Morgan fingerprint density at radius 1 is 1.17 bits per heavy atom. The highest BCUT2D eigenvalue weighted by molar-refractivity contribution is 6.30. The van der Waals surface area contributed by atoms with Crippen LogP contribution in [-0.2, 0) is 16.1 Å². The maximum atomic E-state index is 12.4. The highest BCUT2D eigenvalue weighted by Gasteiger charge is 2.18. The maximum Gasteiger partial charge on any atom is 0.344 e. The number of halogens is 1. The van der Waals surface area contributed by atoms with Gasteiger partial charge in [0.05, 0.1) is 13.2 Å². The van der Waals surface area contributed by atoms with Crippen molar-refractivity contribution in [2.45, 2.75) is 12.5 Å². The summed E-state index contributed by atoms with van der Waals surface area (Å²) in [5.74, 6) is -0.583. The normalized spacial score (nSPS) is 12.0. The fourth-order valence-corrected chi connectivity index (χ4v) is 2.44. The molecule has 0 radical (unpaired) electrons. The number of ether oxygens (including phenoxy) is 1. The van der Waals surface area contributed by atoms with Crippen molar-refractivity contribution in [3.05, 3.63) is 59.1 Å². The molecule has 2 aromatic rings. The second kappa shape index (κ2) is 10.8. The van der Waals surface area contributed by atoms with E-state index in [4.69, 9.17) is 27.2 Å². The van der Waals surface area contributed by atoms with Gasteiger partial charge in [-0.15, -0.1) is 0 Å². The highest BCUT2D eigenvalue weighted by Crippen LogP contribution is 2.14. The predicted octanol–water partition coefficient (Wildman–Crippen LogP) is 2.45. The quantitative estimate of drug-likeness (QED) is 0.279. The van der Waals surface area contributed by atoms with Crippen LogP contribution in [0.15, 0.2) is 53.7 Å². The van der Waals surface area contributed by atoms with Crippen LogP contribution in [0.4, 0.5) is 10.5 Å². The van der Waals surface area contributed by atoms with Gasteiger partial charge in [-0.2, -0.15) is 0 Å². The molecule has 0 aliphatic carbocycles. The molecule has 29 heavy (non-hydrogen) atoms. The first kappa shape index (κ1) is 21.8. The molecule has 1 atom stereocenters. The predicted molar refractivity (Wildman–Crippen MR) is 109 cm³/mol. The van der Waals surface area contributed by atoms with Gasteiger partial charge in [-0.3, -0.25) is 0 Å². The lowest BCUT2D eigenvalue weighted by molar-refractivity contribution is -0.142. The van der Waals surface area contributed by atoms with Crippen LogP contribution in [0.1, 0.15) is 5.56 Å². The molecular weight excluding hydrogens is 400 g/mol. The third-order valence-electron chi connectivity index (χ3n) is 3.72. The number of carbonyl (C=O) groups is 2. The number of hydrogen-bond donors (Lipinski definition) is 4. The first-order valence-corrected chi connectivity index (χ1v) is 8.88. The molecule has 0 heterocycles. The molecule has 0 fully saturated rings. The van der Waals surface area contributed by atoms with Gasteiger partial charge in [0.1, 0.15) is 5.75 Å². The monoisotopic (exact) mass is 420 g/mol. The largest absolute Gasteiger partial charge is 0.497 e. The Morgan fingerprint density at radius 2 is 1.83 bits per heavy atom. The number of urea groups is 1.